The highest BCUT2D eigenvalue weighted by Crippen LogP contribution is 2.21. The number of aromatic nitrogens is 3. The lowest BCUT2D eigenvalue weighted by Crippen LogP contribution is -2.35. The zero-order chi connectivity index (χ0) is 18.1. The van der Waals surface area contributed by atoms with Gasteiger partial charge in [-0.25, -0.2) is 9.37 Å². The Morgan fingerprint density at radius 1 is 1.23 bits per heavy atom. The Balaban J connectivity index is 1.63. The molecule has 4 rings (SSSR count). The van der Waals surface area contributed by atoms with Gasteiger partial charge in [-0.3, -0.25) is 14.7 Å². The third kappa shape index (κ3) is 3.15. The van der Waals surface area contributed by atoms with Crippen LogP contribution in [0.25, 0.3) is 11.5 Å². The minimum atomic E-state index is -0.188. The van der Waals surface area contributed by atoms with Gasteiger partial charge in [-0.1, -0.05) is 18.2 Å². The van der Waals surface area contributed by atoms with E-state index < -0.39 is 0 Å². The highest BCUT2D eigenvalue weighted by Gasteiger charge is 2.22. The van der Waals surface area contributed by atoms with Crippen LogP contribution in [0.3, 0.4) is 0 Å². The summed E-state index contributed by atoms with van der Waals surface area (Å²) < 4.78 is 13.8. The minimum absolute atomic E-state index is 0.0998. The van der Waals surface area contributed by atoms with Gasteiger partial charge in [-0.2, -0.15) is 0 Å². The van der Waals surface area contributed by atoms with E-state index in [4.69, 9.17) is 0 Å². The molecule has 0 saturated carbocycles. The number of hydrogen-bond donors (Lipinski definition) is 1. The summed E-state index contributed by atoms with van der Waals surface area (Å²) in [7, 11) is 0. The Morgan fingerprint density at radius 3 is 2.92 bits per heavy atom. The third-order valence-corrected chi connectivity index (χ3v) is 4.83. The van der Waals surface area contributed by atoms with E-state index in [1.165, 1.54) is 6.07 Å². The van der Waals surface area contributed by atoms with Crippen molar-refractivity contribution in [2.75, 3.05) is 6.54 Å². The number of nitrogens with one attached hydrogen (secondary N) is 1. The van der Waals surface area contributed by atoms with E-state index in [-0.39, 0.29) is 11.4 Å². The monoisotopic (exact) mass is 350 g/mol. The molecule has 6 heteroatoms. The molecule has 2 aromatic heterocycles. The number of benzene rings is 1. The van der Waals surface area contributed by atoms with Gasteiger partial charge in [0.15, 0.2) is 5.82 Å². The van der Waals surface area contributed by atoms with Gasteiger partial charge in [0.05, 0.1) is 5.69 Å². The standard InChI is InChI=1S/C20H19FN4O/c1-13-14(5-4-6-16(13)21)11-25-10-8-15-18(12-25)23-19(24-20(15)26)17-7-2-3-9-22-17/h2-7,9H,8,10-12H2,1H3,(H,23,24,26). The molecule has 3 aromatic rings. The van der Waals surface area contributed by atoms with Gasteiger partial charge in [0.1, 0.15) is 11.5 Å². The Hall–Kier alpha value is -2.86. The second-order valence-electron chi connectivity index (χ2n) is 6.54. The van der Waals surface area contributed by atoms with E-state index in [2.05, 4.69) is 19.9 Å². The minimum Gasteiger partial charge on any atom is -0.305 e. The van der Waals surface area contributed by atoms with E-state index in [9.17, 15) is 9.18 Å². The lowest BCUT2D eigenvalue weighted by atomic mass is 10.0. The van der Waals surface area contributed by atoms with Crippen LogP contribution in [0.2, 0.25) is 0 Å². The molecule has 0 radical (unpaired) electrons. The molecule has 1 aliphatic rings. The number of aromatic amines is 1. The van der Waals surface area contributed by atoms with Gasteiger partial charge in [0.25, 0.3) is 5.56 Å². The van der Waals surface area contributed by atoms with Gasteiger partial charge in [0.2, 0.25) is 0 Å². The fourth-order valence-electron chi connectivity index (χ4n) is 3.32. The van der Waals surface area contributed by atoms with E-state index in [0.29, 0.717) is 36.6 Å². The molecule has 5 nitrogen and oxygen atoms in total. The zero-order valence-corrected chi connectivity index (χ0v) is 14.5. The highest BCUT2D eigenvalue weighted by atomic mass is 19.1. The smallest absolute Gasteiger partial charge is 0.254 e. The van der Waals surface area contributed by atoms with Crippen LogP contribution in [0.1, 0.15) is 22.4 Å². The van der Waals surface area contributed by atoms with Gasteiger partial charge in [-0.05, 0) is 42.7 Å². The number of H-pyrrole nitrogens is 1. The number of pyridine rings is 1. The number of rotatable bonds is 3. The fraction of sp³-hybridized carbons (Fsp3) is 0.250. The lowest BCUT2D eigenvalue weighted by molar-refractivity contribution is 0.240. The summed E-state index contributed by atoms with van der Waals surface area (Å²) in [5.41, 5.74) is 3.68. The maximum absolute atomic E-state index is 13.8. The largest absolute Gasteiger partial charge is 0.305 e. The quantitative estimate of drug-likeness (QED) is 0.789. The molecule has 0 aliphatic carbocycles. The van der Waals surface area contributed by atoms with Gasteiger partial charge < -0.3 is 4.98 Å². The molecule has 1 aromatic carbocycles. The first kappa shape index (κ1) is 16.6. The first-order chi connectivity index (χ1) is 12.6. The molecule has 0 saturated heterocycles. The molecular weight excluding hydrogens is 331 g/mol. The van der Waals surface area contributed by atoms with Crippen molar-refractivity contribution in [3.8, 4) is 11.5 Å². The number of halogens is 1. The van der Waals surface area contributed by atoms with Crippen molar-refractivity contribution in [1.29, 1.82) is 0 Å². The molecule has 26 heavy (non-hydrogen) atoms. The maximum Gasteiger partial charge on any atom is 0.254 e. The lowest BCUT2D eigenvalue weighted by Gasteiger charge is -2.28. The van der Waals surface area contributed by atoms with Crippen molar-refractivity contribution in [2.45, 2.75) is 26.4 Å². The summed E-state index contributed by atoms with van der Waals surface area (Å²) in [6.07, 6.45) is 2.31. The molecule has 0 unspecified atom stereocenters. The predicted molar refractivity (Wildman–Crippen MR) is 97.0 cm³/mol. The summed E-state index contributed by atoms with van der Waals surface area (Å²) in [6.45, 7) is 3.74. The molecule has 1 N–H and O–H groups in total. The predicted octanol–water partition coefficient (Wildman–Crippen LogP) is 2.84. The highest BCUT2D eigenvalue weighted by molar-refractivity contribution is 5.49. The SMILES string of the molecule is Cc1c(F)cccc1CN1CCc2c(nc(-c3ccccn3)[nH]c2=O)C1. The topological polar surface area (TPSA) is 61.9 Å². The molecule has 132 valence electrons. The van der Waals surface area contributed by atoms with Crippen LogP contribution in [-0.2, 0) is 19.5 Å². The van der Waals surface area contributed by atoms with Crippen molar-refractivity contribution in [3.63, 3.8) is 0 Å². The molecule has 0 bridgehead atoms. The van der Waals surface area contributed by atoms with Gasteiger partial charge >= 0.3 is 0 Å². The van der Waals surface area contributed by atoms with E-state index in [1.54, 1.807) is 19.2 Å². The second-order valence-corrected chi connectivity index (χ2v) is 6.54. The number of nitrogens with zero attached hydrogens (tertiary/aromatic N) is 3. The van der Waals surface area contributed by atoms with Gasteiger partial charge in [0, 0.05) is 31.4 Å². The van der Waals surface area contributed by atoms with E-state index in [0.717, 1.165) is 23.4 Å². The van der Waals surface area contributed by atoms with Crippen molar-refractivity contribution in [2.24, 2.45) is 0 Å². The zero-order valence-electron chi connectivity index (χ0n) is 14.5. The fourth-order valence-corrected chi connectivity index (χ4v) is 3.32. The Kier molecular flexibility index (Phi) is 4.34. The van der Waals surface area contributed by atoms with Crippen LogP contribution in [0.15, 0.2) is 47.4 Å². The summed E-state index contributed by atoms with van der Waals surface area (Å²) in [5.74, 6) is 0.296. The van der Waals surface area contributed by atoms with Crippen LogP contribution in [0.4, 0.5) is 4.39 Å². The molecule has 0 fully saturated rings. The normalized spacial score (nSPS) is 14.2. The summed E-state index contributed by atoms with van der Waals surface area (Å²) >= 11 is 0. The van der Waals surface area contributed by atoms with Crippen molar-refractivity contribution >= 4 is 0 Å². The summed E-state index contributed by atoms with van der Waals surface area (Å²) in [5, 5.41) is 0. The van der Waals surface area contributed by atoms with Crippen molar-refractivity contribution < 1.29 is 4.39 Å². The first-order valence-corrected chi connectivity index (χ1v) is 8.61. The molecule has 0 atom stereocenters. The van der Waals surface area contributed by atoms with E-state index >= 15 is 0 Å². The Bertz CT molecular complexity index is 1000. The molecule has 1 aliphatic heterocycles. The molecular formula is C20H19FN4O. The van der Waals surface area contributed by atoms with Gasteiger partial charge in [-0.15, -0.1) is 0 Å². The number of fused-ring (bicyclic) bond motifs is 1. The average molecular weight is 350 g/mol. The Labute approximate surface area is 150 Å². The van der Waals surface area contributed by atoms with Crippen LogP contribution in [0, 0.1) is 12.7 Å². The molecule has 3 heterocycles. The Morgan fingerprint density at radius 2 is 2.12 bits per heavy atom. The van der Waals surface area contributed by atoms with Crippen LogP contribution >= 0.6 is 0 Å². The second kappa shape index (κ2) is 6.80. The maximum atomic E-state index is 13.8. The third-order valence-electron chi connectivity index (χ3n) is 4.83. The first-order valence-electron chi connectivity index (χ1n) is 8.61. The molecule has 0 spiro atoms. The van der Waals surface area contributed by atoms with Crippen molar-refractivity contribution in [1.82, 2.24) is 19.9 Å². The molecule has 0 amide bonds. The van der Waals surface area contributed by atoms with Crippen molar-refractivity contribution in [3.05, 3.63) is 81.2 Å². The number of hydrogen-bond acceptors (Lipinski definition) is 4. The van der Waals surface area contributed by atoms with Crippen LogP contribution in [0.5, 0.6) is 0 Å². The summed E-state index contributed by atoms with van der Waals surface area (Å²) in [4.78, 5) is 26.4. The van der Waals surface area contributed by atoms with Crippen LogP contribution in [-0.4, -0.2) is 26.4 Å². The van der Waals surface area contributed by atoms with Crippen LogP contribution < -0.4 is 5.56 Å². The average Bonchev–Trinajstić information content (AvgIpc) is 2.66. The summed E-state index contributed by atoms with van der Waals surface area (Å²) in [6, 6.07) is 10.7. The van der Waals surface area contributed by atoms with E-state index in [1.807, 2.05) is 24.3 Å².